The number of thiazole rings is 1. The van der Waals surface area contributed by atoms with Crippen molar-refractivity contribution in [3.05, 3.63) is 40.0 Å². The molecule has 3 rings (SSSR count). The lowest BCUT2D eigenvalue weighted by atomic mass is 9.94. The molecule has 2 aromatic heterocycles. The lowest BCUT2D eigenvalue weighted by Crippen LogP contribution is -2.43. The molecule has 35 heavy (non-hydrogen) atoms. The average Bonchev–Trinajstić information content (AvgIpc) is 3.52. The van der Waals surface area contributed by atoms with Gasteiger partial charge in [0.25, 0.3) is 11.8 Å². The van der Waals surface area contributed by atoms with Crippen LogP contribution in [0.3, 0.4) is 0 Å². The van der Waals surface area contributed by atoms with Crippen LogP contribution in [0.4, 0.5) is 5.13 Å². The minimum absolute atomic E-state index is 0.0174. The number of nitrogens with zero attached hydrogens (tertiary/aromatic N) is 4. The van der Waals surface area contributed by atoms with E-state index in [1.54, 1.807) is 19.3 Å². The summed E-state index contributed by atoms with van der Waals surface area (Å²) in [5.41, 5.74) is 1.44. The second-order valence-electron chi connectivity index (χ2n) is 8.67. The first-order valence-corrected chi connectivity index (χ1v) is 13.3. The number of amides is 2. The Morgan fingerprint density at radius 3 is 2.37 bits per heavy atom. The molecule has 2 aromatic rings. The predicted molar refractivity (Wildman–Crippen MR) is 140 cm³/mol. The maximum atomic E-state index is 13.4. The topological polar surface area (TPSA) is 90.4 Å². The monoisotopic (exact) mass is 494 g/mol. The molecule has 0 aromatic carbocycles. The highest BCUT2D eigenvalue weighted by molar-refractivity contribution is 7.17. The van der Waals surface area contributed by atoms with Crippen LogP contribution < -0.4 is 4.90 Å². The van der Waals surface area contributed by atoms with Gasteiger partial charge >= 0.3 is 0 Å². The second kappa shape index (κ2) is 12.5. The van der Waals surface area contributed by atoms with Crippen molar-refractivity contribution in [2.24, 2.45) is 0 Å². The van der Waals surface area contributed by atoms with Crippen LogP contribution in [-0.2, 0) is 9.59 Å². The summed E-state index contributed by atoms with van der Waals surface area (Å²) in [6, 6.07) is 5.68. The highest BCUT2D eigenvalue weighted by Crippen LogP contribution is 2.37. The smallest absolute Gasteiger partial charge is 0.271 e. The fraction of sp³-hybridized carbons (Fsp3) is 0.481. The largest absolute Gasteiger partial charge is 0.463 e. The van der Waals surface area contributed by atoms with E-state index < -0.39 is 5.91 Å². The predicted octanol–water partition coefficient (Wildman–Crippen LogP) is 6.20. The summed E-state index contributed by atoms with van der Waals surface area (Å²) in [7, 11) is 0. The Kier molecular flexibility index (Phi) is 9.44. The Hall–Kier alpha value is -3.18. The fourth-order valence-electron chi connectivity index (χ4n) is 3.92. The summed E-state index contributed by atoms with van der Waals surface area (Å²) in [4.78, 5) is 35.4. The molecule has 7 nitrogen and oxygen atoms in total. The molecule has 0 saturated heterocycles. The maximum Gasteiger partial charge on any atom is 0.271 e. The minimum Gasteiger partial charge on any atom is -0.463 e. The molecule has 0 fully saturated rings. The second-order valence-corrected chi connectivity index (χ2v) is 9.68. The van der Waals surface area contributed by atoms with Gasteiger partial charge in [0.1, 0.15) is 17.3 Å². The van der Waals surface area contributed by atoms with Gasteiger partial charge in [-0.25, -0.2) is 4.98 Å². The van der Waals surface area contributed by atoms with Gasteiger partial charge in [-0.3, -0.25) is 14.5 Å². The van der Waals surface area contributed by atoms with Crippen LogP contribution in [0.25, 0.3) is 17.5 Å². The third-order valence-electron chi connectivity index (χ3n) is 6.07. The molecule has 0 bridgehead atoms. The summed E-state index contributed by atoms with van der Waals surface area (Å²) in [6.07, 6.45) is 9.22. The number of unbranched alkanes of at least 4 members (excludes halogenated alkanes) is 3. The number of hydrogen-bond acceptors (Lipinski definition) is 7. The molecule has 0 radical (unpaired) electrons. The standard InChI is InChI=1S/C27H34N4O3S/c1-5-8-13-30(14-9-6-2)27-29-24(22-12-11-16-34-22)23(35-27)17-20-19(4)21(18-28)26(33)31(25(20)32)15-10-7-3/h11-12,16-17H,5-10,13-15H2,1-4H3/b20-17+. The van der Waals surface area contributed by atoms with Gasteiger partial charge in [-0.1, -0.05) is 51.4 Å². The molecule has 0 saturated carbocycles. The van der Waals surface area contributed by atoms with Gasteiger partial charge in [0, 0.05) is 25.2 Å². The number of carbonyl (C=O) groups is 2. The van der Waals surface area contributed by atoms with Crippen LogP contribution in [-0.4, -0.2) is 41.3 Å². The van der Waals surface area contributed by atoms with Crippen molar-refractivity contribution in [1.82, 2.24) is 9.88 Å². The Morgan fingerprint density at radius 2 is 1.80 bits per heavy atom. The lowest BCUT2D eigenvalue weighted by Gasteiger charge is -2.27. The number of anilines is 1. The van der Waals surface area contributed by atoms with Crippen LogP contribution in [0.15, 0.2) is 39.5 Å². The molecule has 0 N–H and O–H groups in total. The summed E-state index contributed by atoms with van der Waals surface area (Å²) >= 11 is 1.51. The number of rotatable bonds is 12. The molecule has 0 atom stereocenters. The molecule has 2 amide bonds. The summed E-state index contributed by atoms with van der Waals surface area (Å²) in [5.74, 6) is -0.258. The van der Waals surface area contributed by atoms with E-state index in [-0.39, 0.29) is 11.5 Å². The zero-order chi connectivity index (χ0) is 25.4. The third-order valence-corrected chi connectivity index (χ3v) is 7.13. The van der Waals surface area contributed by atoms with Crippen LogP contribution in [0.1, 0.15) is 71.1 Å². The highest BCUT2D eigenvalue weighted by Gasteiger charge is 2.35. The Bertz CT molecular complexity index is 1130. The number of nitriles is 1. The van der Waals surface area contributed by atoms with Gasteiger partial charge in [0.05, 0.1) is 11.1 Å². The van der Waals surface area contributed by atoms with Gasteiger partial charge in [0.2, 0.25) is 0 Å². The van der Waals surface area contributed by atoms with E-state index in [0.717, 1.165) is 55.2 Å². The van der Waals surface area contributed by atoms with Gasteiger partial charge in [-0.15, -0.1) is 0 Å². The quantitative estimate of drug-likeness (QED) is 0.258. The number of hydrogen-bond donors (Lipinski definition) is 0. The first-order valence-electron chi connectivity index (χ1n) is 12.5. The zero-order valence-electron chi connectivity index (χ0n) is 21.1. The van der Waals surface area contributed by atoms with Gasteiger partial charge in [0.15, 0.2) is 10.9 Å². The number of aromatic nitrogens is 1. The van der Waals surface area contributed by atoms with Gasteiger partial charge in [-0.05, 0) is 50.0 Å². The molecule has 8 heteroatoms. The molecule has 0 aliphatic carbocycles. The van der Waals surface area contributed by atoms with E-state index in [2.05, 4.69) is 18.7 Å². The van der Waals surface area contributed by atoms with Gasteiger partial charge in [-0.2, -0.15) is 5.26 Å². The lowest BCUT2D eigenvalue weighted by molar-refractivity contribution is -0.140. The van der Waals surface area contributed by atoms with E-state index in [1.807, 2.05) is 25.1 Å². The summed E-state index contributed by atoms with van der Waals surface area (Å²) in [6.45, 7) is 10.1. The molecule has 1 aliphatic rings. The maximum absolute atomic E-state index is 13.4. The first kappa shape index (κ1) is 26.4. The first-order chi connectivity index (χ1) is 17.0. The Morgan fingerprint density at radius 1 is 1.11 bits per heavy atom. The van der Waals surface area contributed by atoms with Crippen molar-refractivity contribution >= 4 is 34.4 Å². The molecule has 1 aliphatic heterocycles. The molecular formula is C27H34N4O3S. The molecule has 0 unspecified atom stereocenters. The number of furan rings is 1. The van der Waals surface area contributed by atoms with E-state index >= 15 is 0 Å². The third kappa shape index (κ3) is 5.91. The molecule has 3 heterocycles. The van der Waals surface area contributed by atoms with Crippen LogP contribution >= 0.6 is 11.3 Å². The van der Waals surface area contributed by atoms with Crippen molar-refractivity contribution in [2.45, 2.75) is 66.2 Å². The number of imide groups is 1. The van der Waals surface area contributed by atoms with Crippen LogP contribution in [0.2, 0.25) is 0 Å². The van der Waals surface area contributed by atoms with Crippen molar-refractivity contribution in [1.29, 1.82) is 5.26 Å². The zero-order valence-corrected chi connectivity index (χ0v) is 21.9. The normalized spacial score (nSPS) is 15.3. The van der Waals surface area contributed by atoms with E-state index in [1.165, 1.54) is 16.2 Å². The highest BCUT2D eigenvalue weighted by atomic mass is 32.1. The average molecular weight is 495 g/mol. The fourth-order valence-corrected chi connectivity index (χ4v) is 4.99. The van der Waals surface area contributed by atoms with Crippen LogP contribution in [0, 0.1) is 11.3 Å². The summed E-state index contributed by atoms with van der Waals surface area (Å²) in [5, 5.41) is 10.6. The molecular weight excluding hydrogens is 460 g/mol. The van der Waals surface area contributed by atoms with Crippen molar-refractivity contribution < 1.29 is 14.0 Å². The van der Waals surface area contributed by atoms with E-state index in [0.29, 0.717) is 35.6 Å². The Balaban J connectivity index is 2.12. The molecule has 0 spiro atoms. The summed E-state index contributed by atoms with van der Waals surface area (Å²) < 4.78 is 5.67. The van der Waals surface area contributed by atoms with Crippen molar-refractivity contribution in [3.63, 3.8) is 0 Å². The van der Waals surface area contributed by atoms with Gasteiger partial charge < -0.3 is 9.32 Å². The van der Waals surface area contributed by atoms with E-state index in [4.69, 9.17) is 9.40 Å². The SMILES string of the molecule is CCCCN1C(=O)C(C#N)=C(C)/C(=C\c2sc(N(CCCC)CCCC)nc2-c2ccco2)C1=O. The Labute approximate surface area is 211 Å². The number of carbonyl (C=O) groups excluding carboxylic acids is 2. The van der Waals surface area contributed by atoms with Crippen molar-refractivity contribution in [2.75, 3.05) is 24.5 Å². The molecule has 186 valence electrons. The van der Waals surface area contributed by atoms with E-state index in [9.17, 15) is 14.9 Å². The minimum atomic E-state index is -0.512. The van der Waals surface area contributed by atoms with Crippen LogP contribution in [0.5, 0.6) is 0 Å². The van der Waals surface area contributed by atoms with Crippen molar-refractivity contribution in [3.8, 4) is 17.5 Å².